The third-order valence-electron chi connectivity index (χ3n) is 4.66. The highest BCUT2D eigenvalue weighted by atomic mass is 15.0. The Morgan fingerprint density at radius 2 is 1.73 bits per heavy atom. The number of para-hydroxylation sites is 1. The van der Waals surface area contributed by atoms with Gasteiger partial charge in [0.05, 0.1) is 0 Å². The van der Waals surface area contributed by atoms with Crippen LogP contribution in [0, 0.1) is 0 Å². The van der Waals surface area contributed by atoms with Gasteiger partial charge in [0, 0.05) is 34.4 Å². The van der Waals surface area contributed by atoms with Crippen LogP contribution in [0.25, 0.3) is 21.8 Å². The predicted octanol–water partition coefficient (Wildman–Crippen LogP) is 5.39. The van der Waals surface area contributed by atoms with E-state index >= 15 is 0 Å². The van der Waals surface area contributed by atoms with Crippen molar-refractivity contribution in [3.63, 3.8) is 0 Å². The smallest absolute Gasteiger partial charge is 0.0491 e. The van der Waals surface area contributed by atoms with Gasteiger partial charge in [-0.2, -0.15) is 0 Å². The van der Waals surface area contributed by atoms with Gasteiger partial charge >= 0.3 is 0 Å². The molecule has 0 spiro atoms. The zero-order chi connectivity index (χ0) is 15.5. The maximum atomic E-state index is 6.40. The van der Waals surface area contributed by atoms with Gasteiger partial charge in [0.1, 0.15) is 0 Å². The second kappa shape index (κ2) is 6.53. The molecule has 0 saturated heterocycles. The standard InChI is InChI=1S/C20H26N2/c1-3-5-6-10-18(21)15-12-13-20-17(14-15)16-9-7-8-11-19(16)22(20)4-2/h7-9,11-14,18H,3-6,10,21H2,1-2H3/t18-/m1/s1. The monoisotopic (exact) mass is 294 g/mol. The molecule has 2 N–H and O–H groups in total. The van der Waals surface area contributed by atoms with Crippen molar-refractivity contribution in [3.05, 3.63) is 48.0 Å². The number of hydrogen-bond donors (Lipinski definition) is 1. The molecule has 0 aliphatic heterocycles. The van der Waals surface area contributed by atoms with Crippen LogP contribution in [0.4, 0.5) is 0 Å². The van der Waals surface area contributed by atoms with E-state index in [1.54, 1.807) is 0 Å². The number of hydrogen-bond acceptors (Lipinski definition) is 1. The number of nitrogens with zero attached hydrogens (tertiary/aromatic N) is 1. The second-order valence-electron chi connectivity index (χ2n) is 6.14. The minimum atomic E-state index is 0.152. The molecule has 0 unspecified atom stereocenters. The van der Waals surface area contributed by atoms with Crippen molar-refractivity contribution >= 4 is 21.8 Å². The summed E-state index contributed by atoms with van der Waals surface area (Å²) in [5.74, 6) is 0. The Balaban J connectivity index is 2.04. The molecule has 0 amide bonds. The number of aryl methyl sites for hydroxylation is 1. The van der Waals surface area contributed by atoms with Gasteiger partial charge in [0.15, 0.2) is 0 Å². The van der Waals surface area contributed by atoms with Gasteiger partial charge < -0.3 is 10.3 Å². The molecule has 3 aromatic rings. The second-order valence-corrected chi connectivity index (χ2v) is 6.14. The van der Waals surface area contributed by atoms with E-state index in [0.29, 0.717) is 0 Å². The number of unbranched alkanes of at least 4 members (excludes halogenated alkanes) is 2. The third-order valence-corrected chi connectivity index (χ3v) is 4.66. The highest BCUT2D eigenvalue weighted by Gasteiger charge is 2.12. The summed E-state index contributed by atoms with van der Waals surface area (Å²) in [6.45, 7) is 5.43. The van der Waals surface area contributed by atoms with Gasteiger partial charge in [-0.15, -0.1) is 0 Å². The van der Waals surface area contributed by atoms with Crippen LogP contribution in [0.3, 0.4) is 0 Å². The van der Waals surface area contributed by atoms with Crippen LogP contribution in [0.2, 0.25) is 0 Å². The van der Waals surface area contributed by atoms with Gasteiger partial charge in [0.2, 0.25) is 0 Å². The third kappa shape index (κ3) is 2.64. The van der Waals surface area contributed by atoms with Crippen LogP contribution in [0.15, 0.2) is 42.5 Å². The fourth-order valence-corrected chi connectivity index (χ4v) is 3.42. The molecule has 0 fully saturated rings. The average Bonchev–Trinajstić information content (AvgIpc) is 2.88. The van der Waals surface area contributed by atoms with Crippen LogP contribution in [-0.4, -0.2) is 4.57 Å². The lowest BCUT2D eigenvalue weighted by atomic mass is 9.99. The molecule has 3 rings (SSSR count). The van der Waals surface area contributed by atoms with Crippen LogP contribution in [0.5, 0.6) is 0 Å². The first-order valence-corrected chi connectivity index (χ1v) is 8.52. The van der Waals surface area contributed by atoms with E-state index in [1.165, 1.54) is 46.6 Å². The van der Waals surface area contributed by atoms with Crippen molar-refractivity contribution in [3.8, 4) is 0 Å². The molecular weight excluding hydrogens is 268 g/mol. The van der Waals surface area contributed by atoms with E-state index in [1.807, 2.05) is 0 Å². The zero-order valence-corrected chi connectivity index (χ0v) is 13.7. The molecule has 0 radical (unpaired) electrons. The largest absolute Gasteiger partial charge is 0.341 e. The molecule has 0 aliphatic rings. The summed E-state index contributed by atoms with van der Waals surface area (Å²) < 4.78 is 2.39. The lowest BCUT2D eigenvalue weighted by molar-refractivity contribution is 0.581. The Kier molecular flexibility index (Phi) is 4.49. The summed E-state index contributed by atoms with van der Waals surface area (Å²) in [5, 5.41) is 2.67. The lowest BCUT2D eigenvalue weighted by Crippen LogP contribution is -2.10. The normalized spacial score (nSPS) is 13.0. The molecule has 2 aromatic carbocycles. The summed E-state index contributed by atoms with van der Waals surface area (Å²) in [4.78, 5) is 0. The molecule has 116 valence electrons. The zero-order valence-electron chi connectivity index (χ0n) is 13.7. The molecule has 1 aromatic heterocycles. The summed E-state index contributed by atoms with van der Waals surface area (Å²) in [6, 6.07) is 15.6. The first-order chi connectivity index (χ1) is 10.8. The summed E-state index contributed by atoms with van der Waals surface area (Å²) in [7, 11) is 0. The Hall–Kier alpha value is -1.80. The highest BCUT2D eigenvalue weighted by molar-refractivity contribution is 6.08. The van der Waals surface area contributed by atoms with Gasteiger partial charge in [-0.05, 0) is 37.1 Å². The molecular formula is C20H26N2. The Morgan fingerprint density at radius 3 is 2.50 bits per heavy atom. The van der Waals surface area contributed by atoms with E-state index in [-0.39, 0.29) is 6.04 Å². The van der Waals surface area contributed by atoms with Crippen LogP contribution < -0.4 is 5.73 Å². The maximum Gasteiger partial charge on any atom is 0.0491 e. The minimum Gasteiger partial charge on any atom is -0.341 e. The fraction of sp³-hybridized carbons (Fsp3) is 0.400. The van der Waals surface area contributed by atoms with Crippen molar-refractivity contribution in [2.75, 3.05) is 0 Å². The average molecular weight is 294 g/mol. The van der Waals surface area contributed by atoms with Crippen LogP contribution in [0.1, 0.15) is 51.1 Å². The molecule has 0 saturated carbocycles. The molecule has 2 heteroatoms. The predicted molar refractivity (Wildman–Crippen MR) is 96.2 cm³/mol. The number of rotatable bonds is 6. The Bertz CT molecular complexity index is 770. The molecule has 2 nitrogen and oxygen atoms in total. The van der Waals surface area contributed by atoms with Crippen molar-refractivity contribution in [2.24, 2.45) is 5.73 Å². The van der Waals surface area contributed by atoms with Crippen LogP contribution >= 0.6 is 0 Å². The topological polar surface area (TPSA) is 30.9 Å². The SMILES string of the molecule is CCCCC[C@@H](N)c1ccc2c(c1)c1ccccc1n2CC. The van der Waals surface area contributed by atoms with E-state index in [4.69, 9.17) is 5.73 Å². The van der Waals surface area contributed by atoms with E-state index < -0.39 is 0 Å². The Morgan fingerprint density at radius 1 is 0.955 bits per heavy atom. The fourth-order valence-electron chi connectivity index (χ4n) is 3.42. The van der Waals surface area contributed by atoms with Crippen molar-refractivity contribution in [1.82, 2.24) is 4.57 Å². The summed E-state index contributed by atoms with van der Waals surface area (Å²) >= 11 is 0. The first kappa shape index (κ1) is 15.1. The molecule has 1 atom stereocenters. The number of benzene rings is 2. The quantitative estimate of drug-likeness (QED) is 0.607. The molecule has 0 aliphatic carbocycles. The number of nitrogens with two attached hydrogens (primary N) is 1. The van der Waals surface area contributed by atoms with Crippen molar-refractivity contribution in [2.45, 2.75) is 52.1 Å². The highest BCUT2D eigenvalue weighted by Crippen LogP contribution is 2.31. The van der Waals surface area contributed by atoms with Crippen LogP contribution in [-0.2, 0) is 6.54 Å². The van der Waals surface area contributed by atoms with Gasteiger partial charge in [-0.1, -0.05) is 50.5 Å². The van der Waals surface area contributed by atoms with E-state index in [9.17, 15) is 0 Å². The van der Waals surface area contributed by atoms with E-state index in [0.717, 1.165) is 13.0 Å². The van der Waals surface area contributed by atoms with Gasteiger partial charge in [-0.3, -0.25) is 0 Å². The number of fused-ring (bicyclic) bond motifs is 3. The minimum absolute atomic E-state index is 0.152. The molecule has 1 heterocycles. The summed E-state index contributed by atoms with van der Waals surface area (Å²) in [6.07, 6.45) is 4.80. The molecule has 0 bridgehead atoms. The Labute approximate surface area is 132 Å². The maximum absolute atomic E-state index is 6.40. The van der Waals surface area contributed by atoms with Gasteiger partial charge in [0.25, 0.3) is 0 Å². The van der Waals surface area contributed by atoms with Gasteiger partial charge in [-0.25, -0.2) is 0 Å². The van der Waals surface area contributed by atoms with Crippen molar-refractivity contribution < 1.29 is 0 Å². The van der Waals surface area contributed by atoms with E-state index in [2.05, 4.69) is 60.9 Å². The summed E-state index contributed by atoms with van der Waals surface area (Å²) in [5.41, 5.74) is 10.3. The number of aromatic nitrogens is 1. The van der Waals surface area contributed by atoms with Crippen molar-refractivity contribution in [1.29, 1.82) is 0 Å². The first-order valence-electron chi connectivity index (χ1n) is 8.52. The lowest BCUT2D eigenvalue weighted by Gasteiger charge is -2.12. The molecule has 22 heavy (non-hydrogen) atoms.